The number of benzene rings is 1. The Balaban J connectivity index is 1.78. The summed E-state index contributed by atoms with van der Waals surface area (Å²) in [6, 6.07) is 5.79. The number of nitrogens with one attached hydrogen (secondary N) is 1. The number of nitrogens with zero attached hydrogens (tertiary/aromatic N) is 4. The van der Waals surface area contributed by atoms with Crippen LogP contribution in [-0.4, -0.2) is 19.7 Å². The SMILES string of the molecule is CC(C)n1ncc2nc(NCc3ccc(Cl)c(Cl)c3)ncc21. The van der Waals surface area contributed by atoms with Crippen molar-refractivity contribution in [3.63, 3.8) is 0 Å². The number of rotatable bonds is 4. The molecule has 1 N–H and O–H groups in total. The fourth-order valence-electron chi connectivity index (χ4n) is 2.17. The van der Waals surface area contributed by atoms with Gasteiger partial charge >= 0.3 is 0 Å². The summed E-state index contributed by atoms with van der Waals surface area (Å²) in [5.41, 5.74) is 2.76. The molecule has 0 atom stereocenters. The van der Waals surface area contributed by atoms with Gasteiger partial charge in [-0.1, -0.05) is 29.3 Å². The molecule has 0 unspecified atom stereocenters. The highest BCUT2D eigenvalue weighted by molar-refractivity contribution is 6.42. The van der Waals surface area contributed by atoms with Crippen LogP contribution in [0.15, 0.2) is 30.6 Å². The maximum atomic E-state index is 6.00. The van der Waals surface area contributed by atoms with Crippen LogP contribution in [0.4, 0.5) is 5.95 Å². The molecule has 7 heteroatoms. The number of hydrogen-bond donors (Lipinski definition) is 1. The zero-order valence-corrected chi connectivity index (χ0v) is 13.7. The summed E-state index contributed by atoms with van der Waals surface area (Å²) >= 11 is 11.9. The molecule has 0 saturated carbocycles. The Labute approximate surface area is 138 Å². The summed E-state index contributed by atoms with van der Waals surface area (Å²) in [5, 5.41) is 8.59. The molecule has 1 aromatic carbocycles. The van der Waals surface area contributed by atoms with Crippen molar-refractivity contribution in [3.05, 3.63) is 46.2 Å². The van der Waals surface area contributed by atoms with Crippen molar-refractivity contribution in [2.24, 2.45) is 0 Å². The van der Waals surface area contributed by atoms with Gasteiger partial charge in [-0.15, -0.1) is 0 Å². The van der Waals surface area contributed by atoms with Gasteiger partial charge in [0.05, 0.1) is 22.4 Å². The zero-order chi connectivity index (χ0) is 15.7. The predicted octanol–water partition coefficient (Wildman–Crippen LogP) is 4.33. The smallest absolute Gasteiger partial charge is 0.223 e. The van der Waals surface area contributed by atoms with E-state index in [9.17, 15) is 0 Å². The lowest BCUT2D eigenvalue weighted by atomic mass is 10.2. The van der Waals surface area contributed by atoms with E-state index in [1.807, 2.05) is 16.8 Å². The first-order valence-corrected chi connectivity index (χ1v) is 7.68. The Morgan fingerprint density at radius 1 is 1.18 bits per heavy atom. The summed E-state index contributed by atoms with van der Waals surface area (Å²) in [5.74, 6) is 0.557. The van der Waals surface area contributed by atoms with Gasteiger partial charge in [-0.05, 0) is 31.5 Å². The van der Waals surface area contributed by atoms with Crippen LogP contribution < -0.4 is 5.32 Å². The van der Waals surface area contributed by atoms with Crippen molar-refractivity contribution < 1.29 is 0 Å². The van der Waals surface area contributed by atoms with Gasteiger partial charge in [-0.25, -0.2) is 9.97 Å². The molecule has 0 aliphatic rings. The fraction of sp³-hybridized carbons (Fsp3) is 0.267. The third-order valence-corrected chi connectivity index (χ3v) is 4.01. The van der Waals surface area contributed by atoms with E-state index < -0.39 is 0 Å². The maximum Gasteiger partial charge on any atom is 0.223 e. The molecule has 114 valence electrons. The fourth-order valence-corrected chi connectivity index (χ4v) is 2.49. The average molecular weight is 336 g/mol. The molecule has 0 aliphatic heterocycles. The average Bonchev–Trinajstić information content (AvgIpc) is 2.91. The van der Waals surface area contributed by atoms with Gasteiger partial charge in [0.25, 0.3) is 0 Å². The number of aromatic nitrogens is 4. The molecular formula is C15H15Cl2N5. The first kappa shape index (κ1) is 15.1. The minimum Gasteiger partial charge on any atom is -0.350 e. The number of fused-ring (bicyclic) bond motifs is 1. The van der Waals surface area contributed by atoms with Crippen LogP contribution in [-0.2, 0) is 6.54 Å². The van der Waals surface area contributed by atoms with Crippen molar-refractivity contribution in [1.82, 2.24) is 19.7 Å². The predicted molar refractivity (Wildman–Crippen MR) is 89.5 cm³/mol. The second-order valence-electron chi connectivity index (χ2n) is 5.25. The van der Waals surface area contributed by atoms with E-state index in [0.29, 0.717) is 22.5 Å². The normalized spacial score (nSPS) is 11.3. The molecule has 22 heavy (non-hydrogen) atoms. The van der Waals surface area contributed by atoms with Crippen LogP contribution >= 0.6 is 23.2 Å². The highest BCUT2D eigenvalue weighted by Gasteiger charge is 2.08. The lowest BCUT2D eigenvalue weighted by Crippen LogP contribution is -2.05. The van der Waals surface area contributed by atoms with Gasteiger partial charge in [0, 0.05) is 12.6 Å². The van der Waals surface area contributed by atoms with E-state index in [2.05, 4.69) is 34.2 Å². The van der Waals surface area contributed by atoms with E-state index in [1.165, 1.54) is 0 Å². The van der Waals surface area contributed by atoms with Crippen molar-refractivity contribution >= 4 is 40.2 Å². The van der Waals surface area contributed by atoms with Crippen LogP contribution in [0.2, 0.25) is 10.0 Å². The second-order valence-corrected chi connectivity index (χ2v) is 6.06. The third-order valence-electron chi connectivity index (χ3n) is 3.27. The monoisotopic (exact) mass is 335 g/mol. The Morgan fingerprint density at radius 3 is 2.73 bits per heavy atom. The van der Waals surface area contributed by atoms with E-state index in [0.717, 1.165) is 16.6 Å². The zero-order valence-electron chi connectivity index (χ0n) is 12.2. The van der Waals surface area contributed by atoms with Crippen molar-refractivity contribution in [2.45, 2.75) is 26.4 Å². The van der Waals surface area contributed by atoms with Gasteiger partial charge in [-0.3, -0.25) is 4.68 Å². The Hall–Kier alpha value is -1.85. The van der Waals surface area contributed by atoms with E-state index in [1.54, 1.807) is 18.5 Å². The molecule has 3 aromatic rings. The van der Waals surface area contributed by atoms with Gasteiger partial charge in [0.1, 0.15) is 11.0 Å². The van der Waals surface area contributed by atoms with Gasteiger partial charge < -0.3 is 5.32 Å². The van der Waals surface area contributed by atoms with Gasteiger partial charge in [0.2, 0.25) is 5.95 Å². The lowest BCUT2D eigenvalue weighted by molar-refractivity contribution is 0.550. The first-order valence-electron chi connectivity index (χ1n) is 6.92. The quantitative estimate of drug-likeness (QED) is 0.771. The summed E-state index contributed by atoms with van der Waals surface area (Å²) in [7, 11) is 0. The Kier molecular flexibility index (Phi) is 4.18. The number of anilines is 1. The third kappa shape index (κ3) is 3.00. The summed E-state index contributed by atoms with van der Waals surface area (Å²) in [4.78, 5) is 8.80. The van der Waals surface area contributed by atoms with Crippen LogP contribution in [0.25, 0.3) is 11.0 Å². The van der Waals surface area contributed by atoms with Crippen molar-refractivity contribution in [3.8, 4) is 0 Å². The molecule has 2 heterocycles. The van der Waals surface area contributed by atoms with Crippen molar-refractivity contribution in [2.75, 3.05) is 5.32 Å². The van der Waals surface area contributed by atoms with Crippen LogP contribution in [0.3, 0.4) is 0 Å². The van der Waals surface area contributed by atoms with Crippen LogP contribution in [0, 0.1) is 0 Å². The molecule has 3 rings (SSSR count). The summed E-state index contributed by atoms with van der Waals surface area (Å²) in [6.07, 6.45) is 3.54. The molecular weight excluding hydrogens is 321 g/mol. The van der Waals surface area contributed by atoms with E-state index in [4.69, 9.17) is 23.2 Å². The summed E-state index contributed by atoms with van der Waals surface area (Å²) < 4.78 is 1.90. The molecule has 2 aromatic heterocycles. The molecule has 0 spiro atoms. The number of hydrogen-bond acceptors (Lipinski definition) is 4. The minimum atomic E-state index is 0.274. The van der Waals surface area contributed by atoms with Gasteiger partial charge in [0.15, 0.2) is 0 Å². The molecule has 5 nitrogen and oxygen atoms in total. The Bertz CT molecular complexity index is 813. The largest absolute Gasteiger partial charge is 0.350 e. The number of halogens is 2. The molecule has 0 fully saturated rings. The van der Waals surface area contributed by atoms with Crippen LogP contribution in [0.1, 0.15) is 25.5 Å². The molecule has 0 radical (unpaired) electrons. The first-order chi connectivity index (χ1) is 10.5. The van der Waals surface area contributed by atoms with E-state index >= 15 is 0 Å². The molecule has 0 saturated heterocycles. The Morgan fingerprint density at radius 2 is 2.00 bits per heavy atom. The molecule has 0 amide bonds. The maximum absolute atomic E-state index is 6.00. The van der Waals surface area contributed by atoms with E-state index in [-0.39, 0.29) is 6.04 Å². The molecule has 0 aliphatic carbocycles. The lowest BCUT2D eigenvalue weighted by Gasteiger charge is -2.08. The van der Waals surface area contributed by atoms with Crippen molar-refractivity contribution in [1.29, 1.82) is 0 Å². The van der Waals surface area contributed by atoms with Gasteiger partial charge in [-0.2, -0.15) is 5.10 Å². The van der Waals surface area contributed by atoms with Crippen LogP contribution in [0.5, 0.6) is 0 Å². The highest BCUT2D eigenvalue weighted by atomic mass is 35.5. The highest BCUT2D eigenvalue weighted by Crippen LogP contribution is 2.23. The molecule has 0 bridgehead atoms. The topological polar surface area (TPSA) is 55.6 Å². The standard InChI is InChI=1S/C15H15Cl2N5/c1-9(2)22-14-8-19-15(21-13(14)7-20-22)18-6-10-3-4-11(16)12(17)5-10/h3-5,7-9H,6H2,1-2H3,(H,18,19,21). The summed E-state index contributed by atoms with van der Waals surface area (Å²) in [6.45, 7) is 4.71. The minimum absolute atomic E-state index is 0.274. The second kappa shape index (κ2) is 6.10.